The van der Waals surface area contributed by atoms with E-state index in [0.29, 0.717) is 17.1 Å². The number of rotatable bonds is 9. The van der Waals surface area contributed by atoms with Crippen molar-refractivity contribution in [2.75, 3.05) is 13.7 Å². The third-order valence-corrected chi connectivity index (χ3v) is 5.42. The van der Waals surface area contributed by atoms with E-state index < -0.39 is 11.8 Å². The van der Waals surface area contributed by atoms with Gasteiger partial charge in [0.15, 0.2) is 6.61 Å². The molecule has 0 radical (unpaired) electrons. The van der Waals surface area contributed by atoms with Crippen molar-refractivity contribution in [1.82, 2.24) is 16.1 Å². The number of ether oxygens (including phenoxy) is 2. The molecule has 34 heavy (non-hydrogen) atoms. The Bertz CT molecular complexity index is 983. The van der Waals surface area contributed by atoms with Crippen LogP contribution in [0, 0.1) is 0 Å². The molecule has 2 aromatic carbocycles. The number of amides is 3. The summed E-state index contributed by atoms with van der Waals surface area (Å²) in [6.45, 7) is 0.172. The minimum Gasteiger partial charge on any atom is -0.497 e. The van der Waals surface area contributed by atoms with E-state index in [1.54, 1.807) is 55.6 Å². The van der Waals surface area contributed by atoms with Crippen molar-refractivity contribution in [2.24, 2.45) is 5.10 Å². The van der Waals surface area contributed by atoms with Crippen LogP contribution in [0.3, 0.4) is 0 Å². The van der Waals surface area contributed by atoms with Crippen molar-refractivity contribution in [3.05, 3.63) is 59.7 Å². The van der Waals surface area contributed by atoms with Crippen LogP contribution in [-0.2, 0) is 20.9 Å². The lowest BCUT2D eigenvalue weighted by Gasteiger charge is -2.22. The van der Waals surface area contributed by atoms with Crippen LogP contribution in [-0.4, -0.2) is 43.7 Å². The van der Waals surface area contributed by atoms with Crippen LogP contribution >= 0.6 is 0 Å². The Kier molecular flexibility index (Phi) is 9.45. The lowest BCUT2D eigenvalue weighted by atomic mass is 9.95. The van der Waals surface area contributed by atoms with Crippen molar-refractivity contribution < 1.29 is 23.9 Å². The van der Waals surface area contributed by atoms with Gasteiger partial charge < -0.3 is 20.1 Å². The maximum Gasteiger partial charge on any atom is 0.329 e. The second-order valence-electron chi connectivity index (χ2n) is 7.99. The SMILES string of the molecule is COc1ccc(CNC(=O)C(=O)N/N=C\c2ccc(OCC(=O)NC3CCCCC3)cc2)cc1. The third kappa shape index (κ3) is 8.23. The quantitative estimate of drug-likeness (QED) is 0.298. The molecule has 3 rings (SSSR count). The largest absolute Gasteiger partial charge is 0.497 e. The Morgan fingerprint density at radius 3 is 2.29 bits per heavy atom. The second-order valence-corrected chi connectivity index (χ2v) is 7.99. The fourth-order valence-electron chi connectivity index (χ4n) is 3.54. The maximum absolute atomic E-state index is 12.0. The van der Waals surface area contributed by atoms with Crippen LogP contribution in [0.2, 0.25) is 0 Å². The molecule has 1 aliphatic rings. The second kappa shape index (κ2) is 13.0. The van der Waals surface area contributed by atoms with Crippen molar-refractivity contribution in [3.63, 3.8) is 0 Å². The number of nitrogens with one attached hydrogen (secondary N) is 3. The molecule has 1 aliphatic carbocycles. The molecule has 1 saturated carbocycles. The van der Waals surface area contributed by atoms with Gasteiger partial charge in [-0.15, -0.1) is 0 Å². The number of hydrogen-bond donors (Lipinski definition) is 3. The summed E-state index contributed by atoms with van der Waals surface area (Å²) >= 11 is 0. The lowest BCUT2D eigenvalue weighted by molar-refractivity contribution is -0.139. The number of benzene rings is 2. The van der Waals surface area contributed by atoms with E-state index in [0.717, 1.165) is 31.2 Å². The highest BCUT2D eigenvalue weighted by Crippen LogP contribution is 2.17. The molecule has 9 heteroatoms. The molecule has 2 aromatic rings. The molecule has 0 atom stereocenters. The highest BCUT2D eigenvalue weighted by atomic mass is 16.5. The van der Waals surface area contributed by atoms with Gasteiger partial charge in [0.2, 0.25) is 0 Å². The number of carbonyl (C=O) groups excluding carboxylic acids is 3. The van der Waals surface area contributed by atoms with Crippen LogP contribution in [0.4, 0.5) is 0 Å². The Morgan fingerprint density at radius 2 is 1.62 bits per heavy atom. The number of methoxy groups -OCH3 is 1. The van der Waals surface area contributed by atoms with Crippen LogP contribution in [0.15, 0.2) is 53.6 Å². The van der Waals surface area contributed by atoms with E-state index in [2.05, 4.69) is 21.2 Å². The molecule has 3 N–H and O–H groups in total. The predicted molar refractivity (Wildman–Crippen MR) is 128 cm³/mol. The number of nitrogens with zero attached hydrogens (tertiary/aromatic N) is 1. The Balaban J connectivity index is 1.36. The summed E-state index contributed by atoms with van der Waals surface area (Å²) in [4.78, 5) is 35.8. The molecule has 1 fully saturated rings. The van der Waals surface area contributed by atoms with Crippen molar-refractivity contribution in [2.45, 2.75) is 44.7 Å². The first-order valence-electron chi connectivity index (χ1n) is 11.3. The standard InChI is InChI=1S/C25H30N4O5/c1-33-21-11-7-18(8-12-21)15-26-24(31)25(32)29-27-16-19-9-13-22(14-10-19)34-17-23(30)28-20-5-3-2-4-6-20/h7-14,16,20H,2-6,15,17H2,1H3,(H,26,31)(H,28,30)(H,29,32)/b27-16-. The van der Waals surface area contributed by atoms with Gasteiger partial charge in [-0.25, -0.2) is 5.43 Å². The Morgan fingerprint density at radius 1 is 0.941 bits per heavy atom. The van der Waals surface area contributed by atoms with Crippen molar-refractivity contribution in [1.29, 1.82) is 0 Å². The average molecular weight is 467 g/mol. The van der Waals surface area contributed by atoms with Gasteiger partial charge >= 0.3 is 11.8 Å². The molecular weight excluding hydrogens is 436 g/mol. The average Bonchev–Trinajstić information content (AvgIpc) is 2.87. The summed E-state index contributed by atoms with van der Waals surface area (Å²) in [6.07, 6.45) is 7.02. The highest BCUT2D eigenvalue weighted by molar-refractivity contribution is 6.35. The van der Waals surface area contributed by atoms with Crippen LogP contribution < -0.4 is 25.5 Å². The van der Waals surface area contributed by atoms with Crippen LogP contribution in [0.25, 0.3) is 0 Å². The first kappa shape index (κ1) is 24.8. The zero-order valence-corrected chi connectivity index (χ0v) is 19.2. The molecule has 0 aliphatic heterocycles. The fraction of sp³-hybridized carbons (Fsp3) is 0.360. The molecule has 0 unspecified atom stereocenters. The van der Waals surface area contributed by atoms with E-state index >= 15 is 0 Å². The minimum atomic E-state index is -0.867. The highest BCUT2D eigenvalue weighted by Gasteiger charge is 2.16. The van der Waals surface area contributed by atoms with Gasteiger partial charge in [0.25, 0.3) is 5.91 Å². The number of carbonyl (C=O) groups is 3. The molecule has 9 nitrogen and oxygen atoms in total. The molecular formula is C25H30N4O5. The summed E-state index contributed by atoms with van der Waals surface area (Å²) < 4.78 is 10.6. The van der Waals surface area contributed by atoms with Crippen molar-refractivity contribution in [3.8, 4) is 11.5 Å². The van der Waals surface area contributed by atoms with Gasteiger partial charge in [-0.05, 0) is 60.4 Å². The zero-order chi connectivity index (χ0) is 24.2. The van der Waals surface area contributed by atoms with E-state index in [1.807, 2.05) is 0 Å². The van der Waals surface area contributed by atoms with Crippen molar-refractivity contribution >= 4 is 23.9 Å². The Hall–Kier alpha value is -3.88. The smallest absolute Gasteiger partial charge is 0.329 e. The lowest BCUT2D eigenvalue weighted by Crippen LogP contribution is -2.38. The predicted octanol–water partition coefficient (Wildman–Crippen LogP) is 2.29. The normalized spacial score (nSPS) is 13.8. The summed E-state index contributed by atoms with van der Waals surface area (Å²) in [5, 5.41) is 9.34. The van der Waals surface area contributed by atoms with E-state index in [-0.39, 0.29) is 25.1 Å². The van der Waals surface area contributed by atoms with Gasteiger partial charge in [0.05, 0.1) is 13.3 Å². The molecule has 0 bridgehead atoms. The number of hydrazone groups is 1. The summed E-state index contributed by atoms with van der Waals surface area (Å²) in [5.74, 6) is -0.512. The monoisotopic (exact) mass is 466 g/mol. The fourth-order valence-corrected chi connectivity index (χ4v) is 3.54. The van der Waals surface area contributed by atoms with Crippen LogP contribution in [0.5, 0.6) is 11.5 Å². The maximum atomic E-state index is 12.0. The molecule has 0 aromatic heterocycles. The van der Waals surface area contributed by atoms with E-state index in [1.165, 1.54) is 12.6 Å². The molecule has 0 spiro atoms. The molecule has 3 amide bonds. The molecule has 0 heterocycles. The summed E-state index contributed by atoms with van der Waals surface area (Å²) in [5.41, 5.74) is 3.72. The molecule has 0 saturated heterocycles. The number of hydrogen-bond acceptors (Lipinski definition) is 6. The zero-order valence-electron chi connectivity index (χ0n) is 19.2. The molecule has 180 valence electrons. The van der Waals surface area contributed by atoms with Crippen LogP contribution in [0.1, 0.15) is 43.2 Å². The third-order valence-electron chi connectivity index (χ3n) is 5.42. The first-order valence-corrected chi connectivity index (χ1v) is 11.3. The topological polar surface area (TPSA) is 118 Å². The van der Waals surface area contributed by atoms with E-state index in [4.69, 9.17) is 9.47 Å². The first-order chi connectivity index (χ1) is 16.5. The summed E-state index contributed by atoms with van der Waals surface area (Å²) in [7, 11) is 1.57. The Labute approximate surface area is 198 Å². The van der Waals surface area contributed by atoms with Gasteiger partial charge in [-0.1, -0.05) is 31.4 Å². The van der Waals surface area contributed by atoms with Gasteiger partial charge in [-0.3, -0.25) is 14.4 Å². The van der Waals surface area contributed by atoms with E-state index in [9.17, 15) is 14.4 Å². The summed E-state index contributed by atoms with van der Waals surface area (Å²) in [6, 6.07) is 14.3. The minimum absolute atomic E-state index is 0.0361. The van der Waals surface area contributed by atoms with Gasteiger partial charge in [-0.2, -0.15) is 5.10 Å². The van der Waals surface area contributed by atoms with Gasteiger partial charge in [0.1, 0.15) is 11.5 Å². The van der Waals surface area contributed by atoms with Gasteiger partial charge in [0, 0.05) is 12.6 Å².